The van der Waals surface area contributed by atoms with E-state index in [9.17, 15) is 9.59 Å². The molecule has 0 atom stereocenters. The topological polar surface area (TPSA) is 87.0 Å². The summed E-state index contributed by atoms with van der Waals surface area (Å²) in [7, 11) is 0. The van der Waals surface area contributed by atoms with E-state index in [0.29, 0.717) is 16.8 Å². The van der Waals surface area contributed by atoms with Crippen LogP contribution in [0, 0.1) is 20.8 Å². The van der Waals surface area contributed by atoms with E-state index in [2.05, 4.69) is 15.5 Å². The van der Waals surface area contributed by atoms with Gasteiger partial charge in [-0.3, -0.25) is 4.79 Å². The number of hydrogen-bond acceptors (Lipinski definition) is 6. The quantitative estimate of drug-likeness (QED) is 0.510. The fourth-order valence-corrected chi connectivity index (χ4v) is 3.32. The zero-order valence-corrected chi connectivity index (χ0v) is 15.7. The predicted molar refractivity (Wildman–Crippen MR) is 98.9 cm³/mol. The lowest BCUT2D eigenvalue weighted by molar-refractivity contribution is 0.0471. The molecule has 1 aromatic heterocycles. The number of ketones is 1. The molecule has 0 saturated carbocycles. The molecule has 27 heavy (non-hydrogen) atoms. The average molecular weight is 364 g/mol. The minimum Gasteiger partial charge on any atom is -0.457 e. The van der Waals surface area contributed by atoms with Crippen LogP contribution >= 0.6 is 0 Å². The number of esters is 1. The Kier molecular flexibility index (Phi) is 5.12. The molecule has 0 amide bonds. The summed E-state index contributed by atoms with van der Waals surface area (Å²) in [5.41, 5.74) is 5.18. The lowest BCUT2D eigenvalue weighted by Gasteiger charge is -2.16. The van der Waals surface area contributed by atoms with E-state index in [1.54, 1.807) is 31.2 Å². The van der Waals surface area contributed by atoms with Gasteiger partial charge in [-0.15, -0.1) is 5.10 Å². The van der Waals surface area contributed by atoms with E-state index in [-0.39, 0.29) is 12.4 Å². The molecule has 138 valence electrons. The smallest absolute Gasteiger partial charge is 0.340 e. The van der Waals surface area contributed by atoms with Crippen molar-refractivity contribution in [3.63, 3.8) is 0 Å². The summed E-state index contributed by atoms with van der Waals surface area (Å²) in [6, 6.07) is 8.89. The van der Waals surface area contributed by atoms with Crippen LogP contribution in [-0.4, -0.2) is 32.0 Å². The van der Waals surface area contributed by atoms with Gasteiger partial charge in [-0.1, -0.05) is 18.2 Å². The van der Waals surface area contributed by atoms with Gasteiger partial charge >= 0.3 is 5.97 Å². The molecule has 0 bridgehead atoms. The molecule has 0 radical (unpaired) electrons. The molecule has 0 aliphatic carbocycles. The van der Waals surface area contributed by atoms with Crippen molar-refractivity contribution < 1.29 is 14.3 Å². The normalized spacial score (nSPS) is 10.7. The lowest BCUT2D eigenvalue weighted by atomic mass is 9.92. The number of rotatable bonds is 5. The van der Waals surface area contributed by atoms with Crippen LogP contribution in [0.4, 0.5) is 0 Å². The van der Waals surface area contributed by atoms with Crippen LogP contribution < -0.4 is 0 Å². The molecule has 3 rings (SSSR count). The molecule has 7 nitrogen and oxygen atoms in total. The summed E-state index contributed by atoms with van der Waals surface area (Å²) in [4.78, 5) is 24.6. The first-order chi connectivity index (χ1) is 12.9. The number of hydrogen-bond donors (Lipinski definition) is 0. The largest absolute Gasteiger partial charge is 0.457 e. The van der Waals surface area contributed by atoms with Gasteiger partial charge in [0, 0.05) is 5.56 Å². The molecular weight excluding hydrogens is 344 g/mol. The Morgan fingerprint density at radius 1 is 1.11 bits per heavy atom. The van der Waals surface area contributed by atoms with Crippen LogP contribution in [0.15, 0.2) is 36.7 Å². The molecular formula is C20H20N4O3. The highest BCUT2D eigenvalue weighted by atomic mass is 16.5. The highest BCUT2D eigenvalue weighted by Gasteiger charge is 2.18. The number of benzene rings is 2. The van der Waals surface area contributed by atoms with E-state index in [0.717, 1.165) is 22.3 Å². The average Bonchev–Trinajstić information content (AvgIpc) is 3.15. The summed E-state index contributed by atoms with van der Waals surface area (Å²) in [6.07, 6.45) is 1.42. The Morgan fingerprint density at radius 2 is 1.85 bits per heavy atom. The maximum absolute atomic E-state index is 12.7. The molecule has 0 aliphatic heterocycles. The molecule has 0 spiro atoms. The monoisotopic (exact) mass is 364 g/mol. The number of carbonyl (C=O) groups excluding carboxylic acids is 2. The van der Waals surface area contributed by atoms with E-state index < -0.39 is 5.97 Å². The minimum atomic E-state index is -0.482. The maximum Gasteiger partial charge on any atom is 0.340 e. The molecule has 2 aromatic carbocycles. The second-order valence-corrected chi connectivity index (χ2v) is 6.39. The van der Waals surface area contributed by atoms with Gasteiger partial charge in [0.1, 0.15) is 12.9 Å². The summed E-state index contributed by atoms with van der Waals surface area (Å²) in [5.74, 6) is -0.480. The third kappa shape index (κ3) is 3.62. The highest BCUT2D eigenvalue weighted by Crippen LogP contribution is 2.24. The van der Waals surface area contributed by atoms with Crippen molar-refractivity contribution in [3.05, 3.63) is 70.0 Å². The van der Waals surface area contributed by atoms with Gasteiger partial charge in [0.2, 0.25) is 0 Å². The zero-order chi connectivity index (χ0) is 19.6. The molecule has 1 heterocycles. The van der Waals surface area contributed by atoms with E-state index in [1.165, 1.54) is 11.0 Å². The first kappa shape index (κ1) is 18.4. The summed E-state index contributed by atoms with van der Waals surface area (Å²) in [6.45, 7) is 7.37. The third-order valence-electron chi connectivity index (χ3n) is 4.55. The Labute approximate surface area is 157 Å². The van der Waals surface area contributed by atoms with Crippen LogP contribution in [0.1, 0.15) is 49.9 Å². The van der Waals surface area contributed by atoms with E-state index in [1.807, 2.05) is 26.8 Å². The molecule has 0 saturated heterocycles. The molecule has 0 fully saturated rings. The Bertz CT molecular complexity index is 1010. The van der Waals surface area contributed by atoms with Gasteiger partial charge in [-0.2, -0.15) is 4.68 Å². The number of aromatic nitrogens is 4. The standard InChI is InChI=1S/C20H20N4O3/c1-12-9-13(2)19(15(4)25)14(3)17(12)10-27-20(26)16-7-5-6-8-18(16)24-11-21-22-23-24/h5-9,11H,10H2,1-4H3. The number of para-hydroxylation sites is 1. The molecule has 0 aliphatic rings. The van der Waals surface area contributed by atoms with Crippen LogP contribution in [0.25, 0.3) is 5.69 Å². The van der Waals surface area contributed by atoms with E-state index >= 15 is 0 Å². The van der Waals surface area contributed by atoms with Gasteiger partial charge in [-0.05, 0) is 72.5 Å². The van der Waals surface area contributed by atoms with Crippen molar-refractivity contribution in [1.29, 1.82) is 0 Å². The fraction of sp³-hybridized carbons (Fsp3) is 0.250. The van der Waals surface area contributed by atoms with Crippen molar-refractivity contribution >= 4 is 11.8 Å². The molecule has 3 aromatic rings. The Balaban J connectivity index is 1.88. The number of Topliss-reactive ketones (excluding diaryl/α,β-unsaturated/α-hetero) is 1. The van der Waals surface area contributed by atoms with Crippen molar-refractivity contribution in [1.82, 2.24) is 20.2 Å². The van der Waals surface area contributed by atoms with Crippen LogP contribution in [0.3, 0.4) is 0 Å². The summed E-state index contributed by atoms with van der Waals surface area (Å²) in [5, 5.41) is 11.0. The van der Waals surface area contributed by atoms with Gasteiger partial charge in [-0.25, -0.2) is 4.79 Å². The number of nitrogens with zero attached hydrogens (tertiary/aromatic N) is 4. The van der Waals surface area contributed by atoms with Crippen molar-refractivity contribution in [3.8, 4) is 5.69 Å². The second-order valence-electron chi connectivity index (χ2n) is 6.39. The second kappa shape index (κ2) is 7.49. The fourth-order valence-electron chi connectivity index (χ4n) is 3.32. The Morgan fingerprint density at radius 3 is 2.52 bits per heavy atom. The maximum atomic E-state index is 12.7. The number of aryl methyl sites for hydroxylation is 2. The Hall–Kier alpha value is -3.35. The van der Waals surface area contributed by atoms with Crippen LogP contribution in [0.5, 0.6) is 0 Å². The van der Waals surface area contributed by atoms with Gasteiger partial charge in [0.15, 0.2) is 5.78 Å². The molecule has 0 N–H and O–H groups in total. The van der Waals surface area contributed by atoms with Crippen molar-refractivity contribution in [2.75, 3.05) is 0 Å². The first-order valence-corrected chi connectivity index (χ1v) is 8.50. The third-order valence-corrected chi connectivity index (χ3v) is 4.55. The van der Waals surface area contributed by atoms with Gasteiger partial charge in [0.25, 0.3) is 0 Å². The SMILES string of the molecule is CC(=O)c1c(C)cc(C)c(COC(=O)c2ccccc2-n2cnnn2)c1C. The number of carbonyl (C=O) groups is 2. The summed E-state index contributed by atoms with van der Waals surface area (Å²) < 4.78 is 6.97. The predicted octanol–water partition coefficient (Wildman–Crippen LogP) is 3.15. The van der Waals surface area contributed by atoms with Crippen LogP contribution in [-0.2, 0) is 11.3 Å². The lowest BCUT2D eigenvalue weighted by Crippen LogP contribution is -2.12. The summed E-state index contributed by atoms with van der Waals surface area (Å²) >= 11 is 0. The number of ether oxygens (including phenoxy) is 1. The minimum absolute atomic E-state index is 0.00149. The van der Waals surface area contributed by atoms with Crippen LogP contribution in [0.2, 0.25) is 0 Å². The van der Waals surface area contributed by atoms with Crippen molar-refractivity contribution in [2.45, 2.75) is 34.3 Å². The first-order valence-electron chi connectivity index (χ1n) is 8.50. The molecule has 0 unspecified atom stereocenters. The molecule has 7 heteroatoms. The highest BCUT2D eigenvalue weighted by molar-refractivity contribution is 5.97. The van der Waals surface area contributed by atoms with Gasteiger partial charge < -0.3 is 4.74 Å². The van der Waals surface area contributed by atoms with Gasteiger partial charge in [0.05, 0.1) is 11.3 Å². The number of tetrazole rings is 1. The van der Waals surface area contributed by atoms with E-state index in [4.69, 9.17) is 4.74 Å². The van der Waals surface area contributed by atoms with Crippen molar-refractivity contribution in [2.24, 2.45) is 0 Å². The zero-order valence-electron chi connectivity index (χ0n) is 15.7.